The first kappa shape index (κ1) is 16.4. The van der Waals surface area contributed by atoms with E-state index in [0.717, 1.165) is 44.8 Å². The molecule has 0 unspecified atom stereocenters. The molecule has 1 spiro atoms. The number of likely N-dealkylation sites (tertiary alicyclic amines) is 2. The monoisotopic (exact) mass is 340 g/mol. The number of piperidine rings is 1. The van der Waals surface area contributed by atoms with Crippen molar-refractivity contribution in [3.8, 4) is 0 Å². The van der Waals surface area contributed by atoms with Crippen molar-refractivity contribution < 1.29 is 17.1 Å². The summed E-state index contributed by atoms with van der Waals surface area (Å²) in [6.45, 7) is 2.57. The van der Waals surface area contributed by atoms with Crippen molar-refractivity contribution in [2.24, 2.45) is 0 Å². The second-order valence-corrected chi connectivity index (χ2v) is 7.90. The number of halogens is 1. The topological polar surface area (TPSA) is 57.7 Å². The van der Waals surface area contributed by atoms with E-state index in [0.29, 0.717) is 6.54 Å². The fourth-order valence-electron chi connectivity index (χ4n) is 3.75. The quantitative estimate of drug-likeness (QED) is 0.773. The highest BCUT2D eigenvalue weighted by Gasteiger charge is 2.45. The van der Waals surface area contributed by atoms with Gasteiger partial charge in [0.25, 0.3) is 5.91 Å². The number of carbonyl (C=O) groups is 1. The molecule has 0 bridgehead atoms. The molecule has 0 aliphatic carbocycles. The van der Waals surface area contributed by atoms with Crippen LogP contribution in [0.4, 0.5) is 3.89 Å². The molecule has 1 aromatic carbocycles. The van der Waals surface area contributed by atoms with E-state index in [-0.39, 0.29) is 17.0 Å². The SMILES string of the molecule is CN1CCC2(CCCN2C(=O)c2cccc(S(=O)(=O)F)c2)CC1. The van der Waals surface area contributed by atoms with Crippen LogP contribution in [0.5, 0.6) is 0 Å². The molecule has 3 rings (SSSR count). The van der Waals surface area contributed by atoms with Crippen LogP contribution in [0, 0.1) is 0 Å². The first-order valence-electron chi connectivity index (χ1n) is 7.87. The molecule has 1 amide bonds. The van der Waals surface area contributed by atoms with Crippen molar-refractivity contribution in [1.29, 1.82) is 0 Å². The minimum atomic E-state index is -4.80. The molecule has 2 fully saturated rings. The lowest BCUT2D eigenvalue weighted by molar-refractivity contribution is 0.0408. The van der Waals surface area contributed by atoms with Crippen molar-refractivity contribution in [3.05, 3.63) is 29.8 Å². The Labute approximate surface area is 136 Å². The zero-order chi connectivity index (χ0) is 16.7. The van der Waals surface area contributed by atoms with Crippen LogP contribution in [0.1, 0.15) is 36.0 Å². The van der Waals surface area contributed by atoms with Gasteiger partial charge in [-0.05, 0) is 50.9 Å². The Morgan fingerprint density at radius 2 is 1.87 bits per heavy atom. The minimum absolute atomic E-state index is 0.131. The van der Waals surface area contributed by atoms with Gasteiger partial charge in [0.15, 0.2) is 0 Å². The van der Waals surface area contributed by atoms with Crippen LogP contribution in [0.15, 0.2) is 29.2 Å². The molecule has 23 heavy (non-hydrogen) atoms. The third kappa shape index (κ3) is 3.12. The van der Waals surface area contributed by atoms with Gasteiger partial charge < -0.3 is 9.80 Å². The second kappa shape index (κ2) is 5.87. The molecule has 126 valence electrons. The molecule has 5 nitrogen and oxygen atoms in total. The molecule has 1 aromatic rings. The number of amides is 1. The van der Waals surface area contributed by atoms with E-state index in [1.54, 1.807) is 6.07 Å². The van der Waals surface area contributed by atoms with E-state index in [2.05, 4.69) is 11.9 Å². The Hall–Kier alpha value is -1.47. The first-order chi connectivity index (χ1) is 10.8. The van der Waals surface area contributed by atoms with Gasteiger partial charge in [-0.3, -0.25) is 4.79 Å². The molecular weight excluding hydrogens is 319 g/mol. The summed E-state index contributed by atoms with van der Waals surface area (Å²) in [6, 6.07) is 5.27. The standard InChI is InChI=1S/C16H21FN2O3S/c1-18-10-7-16(8-11-18)6-3-9-19(16)15(20)13-4-2-5-14(12-13)23(17,21)22/h2,4-5,12H,3,6-11H2,1H3. The van der Waals surface area contributed by atoms with Gasteiger partial charge in [0.1, 0.15) is 0 Å². The molecule has 2 aliphatic heterocycles. The molecule has 0 N–H and O–H groups in total. The summed E-state index contributed by atoms with van der Waals surface area (Å²) in [6.07, 6.45) is 3.79. The molecule has 0 saturated carbocycles. The normalized spacial score (nSPS) is 21.7. The molecule has 0 radical (unpaired) electrons. The maximum absolute atomic E-state index is 13.2. The Balaban J connectivity index is 1.88. The summed E-state index contributed by atoms with van der Waals surface area (Å²) in [7, 11) is -2.73. The summed E-state index contributed by atoms with van der Waals surface area (Å²) < 4.78 is 35.3. The van der Waals surface area contributed by atoms with Gasteiger partial charge >= 0.3 is 10.2 Å². The van der Waals surface area contributed by atoms with Crippen LogP contribution >= 0.6 is 0 Å². The van der Waals surface area contributed by atoms with Crippen molar-refractivity contribution in [1.82, 2.24) is 9.80 Å². The Kier molecular flexibility index (Phi) is 4.18. The van der Waals surface area contributed by atoms with Gasteiger partial charge in [-0.2, -0.15) is 8.42 Å². The lowest BCUT2D eigenvalue weighted by Gasteiger charge is -2.44. The van der Waals surface area contributed by atoms with Crippen molar-refractivity contribution >= 4 is 16.1 Å². The molecule has 0 aromatic heterocycles. The highest BCUT2D eigenvalue weighted by atomic mass is 32.3. The molecule has 2 saturated heterocycles. The van der Waals surface area contributed by atoms with E-state index in [1.807, 2.05) is 4.90 Å². The fourth-order valence-corrected chi connectivity index (χ4v) is 4.26. The zero-order valence-corrected chi connectivity index (χ0v) is 14.0. The van der Waals surface area contributed by atoms with Gasteiger partial charge in [0.05, 0.1) is 4.90 Å². The third-order valence-electron chi connectivity index (χ3n) is 5.12. The molecule has 2 heterocycles. The van der Waals surface area contributed by atoms with Gasteiger partial charge in [-0.1, -0.05) is 6.07 Å². The number of benzene rings is 1. The highest BCUT2D eigenvalue weighted by Crippen LogP contribution is 2.39. The zero-order valence-electron chi connectivity index (χ0n) is 13.2. The van der Waals surface area contributed by atoms with Crippen LogP contribution < -0.4 is 0 Å². The first-order valence-corrected chi connectivity index (χ1v) is 9.25. The summed E-state index contributed by atoms with van der Waals surface area (Å²) in [5.74, 6) is -0.197. The van der Waals surface area contributed by atoms with E-state index >= 15 is 0 Å². The molecule has 2 aliphatic rings. The van der Waals surface area contributed by atoms with Crippen LogP contribution in [-0.4, -0.2) is 56.3 Å². The van der Waals surface area contributed by atoms with Gasteiger partial charge in [0, 0.05) is 30.7 Å². The van der Waals surface area contributed by atoms with Crippen molar-refractivity contribution in [2.45, 2.75) is 36.1 Å². The number of rotatable bonds is 2. The van der Waals surface area contributed by atoms with E-state index in [4.69, 9.17) is 0 Å². The van der Waals surface area contributed by atoms with Gasteiger partial charge in [-0.15, -0.1) is 3.89 Å². The number of carbonyl (C=O) groups excluding carboxylic acids is 1. The van der Waals surface area contributed by atoms with Crippen LogP contribution in [0.2, 0.25) is 0 Å². The Bertz CT molecular complexity index is 712. The summed E-state index contributed by atoms with van der Waals surface area (Å²) in [5.41, 5.74) is 0.109. The van der Waals surface area contributed by atoms with Crippen molar-refractivity contribution in [3.63, 3.8) is 0 Å². The molecular formula is C16H21FN2O3S. The van der Waals surface area contributed by atoms with Crippen LogP contribution in [0.3, 0.4) is 0 Å². The maximum atomic E-state index is 13.2. The largest absolute Gasteiger partial charge is 0.333 e. The highest BCUT2D eigenvalue weighted by molar-refractivity contribution is 7.86. The molecule has 7 heteroatoms. The maximum Gasteiger partial charge on any atom is 0.332 e. The third-order valence-corrected chi connectivity index (χ3v) is 5.94. The van der Waals surface area contributed by atoms with Crippen LogP contribution in [-0.2, 0) is 10.2 Å². The fraction of sp³-hybridized carbons (Fsp3) is 0.562. The summed E-state index contributed by atoms with van der Waals surface area (Å²) in [5, 5.41) is 0. The number of nitrogens with zero attached hydrogens (tertiary/aromatic N) is 2. The van der Waals surface area contributed by atoms with E-state index in [9.17, 15) is 17.1 Å². The van der Waals surface area contributed by atoms with Gasteiger partial charge in [-0.25, -0.2) is 0 Å². The lowest BCUT2D eigenvalue weighted by atomic mass is 9.85. The lowest BCUT2D eigenvalue weighted by Crippen LogP contribution is -2.53. The smallest absolute Gasteiger partial charge is 0.332 e. The predicted molar refractivity (Wildman–Crippen MR) is 84.5 cm³/mol. The number of hydrogen-bond acceptors (Lipinski definition) is 4. The Morgan fingerprint density at radius 1 is 1.17 bits per heavy atom. The average Bonchev–Trinajstić information content (AvgIpc) is 2.92. The molecule has 0 atom stereocenters. The summed E-state index contributed by atoms with van der Waals surface area (Å²) in [4.78, 5) is 16.5. The number of hydrogen-bond donors (Lipinski definition) is 0. The average molecular weight is 340 g/mol. The predicted octanol–water partition coefficient (Wildman–Crippen LogP) is 2.05. The van der Waals surface area contributed by atoms with E-state index in [1.165, 1.54) is 12.1 Å². The van der Waals surface area contributed by atoms with Gasteiger partial charge in [0.2, 0.25) is 0 Å². The minimum Gasteiger partial charge on any atom is -0.333 e. The summed E-state index contributed by atoms with van der Waals surface area (Å²) >= 11 is 0. The van der Waals surface area contributed by atoms with E-state index < -0.39 is 15.1 Å². The van der Waals surface area contributed by atoms with Crippen molar-refractivity contribution in [2.75, 3.05) is 26.7 Å². The Morgan fingerprint density at radius 3 is 2.52 bits per heavy atom. The second-order valence-electron chi connectivity index (χ2n) is 6.55. The van der Waals surface area contributed by atoms with Crippen LogP contribution in [0.25, 0.3) is 0 Å².